The highest BCUT2D eigenvalue weighted by Gasteiger charge is 2.52. The number of hydrogen-bond donors (Lipinski definition) is 3. The van der Waals surface area contributed by atoms with E-state index in [1.54, 1.807) is 43.1 Å². The van der Waals surface area contributed by atoms with Gasteiger partial charge in [0.05, 0.1) is 26.1 Å². The summed E-state index contributed by atoms with van der Waals surface area (Å²) in [6, 6.07) is -1.99. The van der Waals surface area contributed by atoms with E-state index in [9.17, 15) is 38.4 Å². The lowest BCUT2D eigenvalue weighted by molar-refractivity contribution is -0.157. The summed E-state index contributed by atoms with van der Waals surface area (Å²) in [5.74, 6) is -8.00. The summed E-state index contributed by atoms with van der Waals surface area (Å²) in [4.78, 5) is 190. The molecule has 0 radical (unpaired) electrons. The molecule has 7 rings (SSSR count). The van der Waals surface area contributed by atoms with Gasteiger partial charge in [-0.2, -0.15) is 0 Å². The third kappa shape index (κ3) is 18.4. The molecule has 1 aromatic rings. The van der Waals surface area contributed by atoms with Crippen molar-refractivity contribution >= 4 is 82.5 Å². The Bertz CT molecular complexity index is 2910. The van der Waals surface area contributed by atoms with E-state index in [1.807, 2.05) is 6.92 Å². The molecule has 3 N–H and O–H groups in total. The first-order valence-corrected chi connectivity index (χ1v) is 35.1. The summed E-state index contributed by atoms with van der Waals surface area (Å²) < 4.78 is 6.03. The lowest BCUT2D eigenvalue weighted by atomic mass is 9.81. The van der Waals surface area contributed by atoms with E-state index in [-0.39, 0.29) is 44.1 Å². The number of ether oxygens (including phenoxy) is 1. The topological polar surface area (TPSA) is 279 Å². The highest BCUT2D eigenvalue weighted by molar-refractivity contribution is 6.30. The van der Waals surface area contributed by atoms with E-state index in [1.165, 1.54) is 85.7 Å². The molecule has 1 aromatic carbocycles. The van der Waals surface area contributed by atoms with Gasteiger partial charge in [-0.25, -0.2) is 0 Å². The molecule has 25 nitrogen and oxygen atoms in total. The second-order valence-corrected chi connectivity index (χ2v) is 28.4. The number of hydrogen-bond acceptors (Lipinski definition) is 13. The van der Waals surface area contributed by atoms with Crippen molar-refractivity contribution in [2.75, 3.05) is 95.7 Å². The number of piperidine rings is 1. The first-order valence-electron chi connectivity index (χ1n) is 34.7. The normalized spacial score (nSPS) is 27.8. The molecule has 3 aliphatic heterocycles. The van der Waals surface area contributed by atoms with Crippen LogP contribution in [0.2, 0.25) is 5.02 Å². The standard InChI is InChI=1S/C69H107ClN12O13/c1-12-44(2)57-65(91)76(6)42-55(85)74(4)43-56(86)78(8)51(39-46-25-16-13-17-26-46)63(89)75(5)41-53(83)71-58(60(95-11)48-30-32-49(70)33-31-48)66(92)82-38-24-29-50(82)62(88)73-69(34-20-21-35-69)68(94)80(10)59(47-27-18-14-19-28-47)67(93)79(9)52(64(90)81-36-22-15-23-37-81)40-54(84)77(7)45(3)61(87)72-57/h30-33,44-47,50-52,57-60H,12-29,34-43H2,1-11H3,(H,71,83)(H,72,87)(H,73,88)/t44-,45-,50?,51-,52-,57-,58-,59-,60?/m0/s1. The number of methoxy groups -OCH3 is 1. The molecule has 6 aliphatic rings. The summed E-state index contributed by atoms with van der Waals surface area (Å²) in [5, 5.41) is 9.23. The van der Waals surface area contributed by atoms with E-state index >= 15 is 19.2 Å². The maximum Gasteiger partial charge on any atom is 0.248 e. The van der Waals surface area contributed by atoms with Gasteiger partial charge in [0.15, 0.2) is 0 Å². The summed E-state index contributed by atoms with van der Waals surface area (Å²) in [5.41, 5.74) is -1.04. The highest BCUT2D eigenvalue weighted by atomic mass is 35.5. The van der Waals surface area contributed by atoms with Gasteiger partial charge in [0, 0.05) is 81.1 Å². The second-order valence-electron chi connectivity index (χ2n) is 28.0. The van der Waals surface area contributed by atoms with E-state index < -0.39 is 157 Å². The maximum atomic E-state index is 15.7. The number of rotatable bonds is 9. The Hall–Kier alpha value is -6.89. The zero-order valence-electron chi connectivity index (χ0n) is 58.2. The number of fused-ring (bicyclic) bond motifs is 1. The van der Waals surface area contributed by atoms with Crippen LogP contribution >= 0.6 is 11.6 Å². The van der Waals surface area contributed by atoms with Crippen LogP contribution in [0.15, 0.2) is 24.3 Å². The number of carbonyl (C=O) groups is 12. The van der Waals surface area contributed by atoms with E-state index in [0.717, 1.165) is 67.6 Å². The van der Waals surface area contributed by atoms with Gasteiger partial charge in [-0.1, -0.05) is 108 Å². The van der Waals surface area contributed by atoms with Crippen molar-refractivity contribution < 1.29 is 62.3 Å². The first-order chi connectivity index (χ1) is 45.1. The molecule has 3 saturated heterocycles. The smallest absolute Gasteiger partial charge is 0.248 e. The fraction of sp³-hybridized carbons (Fsp3) is 0.739. The van der Waals surface area contributed by atoms with Crippen molar-refractivity contribution in [2.24, 2.45) is 17.8 Å². The van der Waals surface area contributed by atoms with Crippen molar-refractivity contribution in [3.8, 4) is 0 Å². The third-order valence-electron chi connectivity index (χ3n) is 21.5. The van der Waals surface area contributed by atoms with E-state index in [4.69, 9.17) is 16.3 Å². The number of nitrogens with zero attached hydrogens (tertiary/aromatic N) is 9. The van der Waals surface area contributed by atoms with Crippen LogP contribution in [0.25, 0.3) is 0 Å². The van der Waals surface area contributed by atoms with Crippen molar-refractivity contribution in [1.82, 2.24) is 60.0 Å². The average Bonchev–Trinajstić information content (AvgIpc) is 1.76. The molecule has 12 amide bonds. The van der Waals surface area contributed by atoms with Gasteiger partial charge in [0.1, 0.15) is 53.9 Å². The molecular weight excluding hydrogens is 1240 g/mol. The lowest BCUT2D eigenvalue weighted by Crippen LogP contribution is -2.65. The number of likely N-dealkylation sites (N-methyl/N-ethyl adjacent to an activating group) is 7. The van der Waals surface area contributed by atoms with Gasteiger partial charge in [-0.3, -0.25) is 57.5 Å². The Kier molecular flexibility index (Phi) is 27.3. The van der Waals surface area contributed by atoms with Crippen LogP contribution in [-0.4, -0.2) is 259 Å². The van der Waals surface area contributed by atoms with Crippen LogP contribution in [0.1, 0.15) is 174 Å². The molecule has 26 heteroatoms. The van der Waals surface area contributed by atoms with Crippen molar-refractivity contribution in [2.45, 2.75) is 216 Å². The molecule has 95 heavy (non-hydrogen) atoms. The molecule has 3 heterocycles. The van der Waals surface area contributed by atoms with Gasteiger partial charge >= 0.3 is 0 Å². The fourth-order valence-corrected chi connectivity index (χ4v) is 15.2. The number of carbonyl (C=O) groups excluding carboxylic acids is 12. The Labute approximate surface area is 566 Å². The minimum atomic E-state index is -1.51. The number of benzene rings is 1. The molecule has 3 aliphatic carbocycles. The number of amides is 12. The van der Waals surface area contributed by atoms with Crippen LogP contribution in [0.4, 0.5) is 0 Å². The Morgan fingerprint density at radius 3 is 1.80 bits per heavy atom. The van der Waals surface area contributed by atoms with Crippen LogP contribution in [-0.2, 0) is 62.3 Å². The molecule has 1 spiro atoms. The van der Waals surface area contributed by atoms with Gasteiger partial charge in [0.2, 0.25) is 70.9 Å². The van der Waals surface area contributed by atoms with Crippen molar-refractivity contribution in [3.05, 3.63) is 34.9 Å². The summed E-state index contributed by atoms with van der Waals surface area (Å²) in [7, 11) is 11.5. The second kappa shape index (κ2) is 34.4. The SMILES string of the molecule is CC[C@H](C)[C@@H]1NC(=O)[C@H](C)N(C)C(=O)C[C@@H](C(=O)N2CCCCC2)N(C)C(=O)[C@H](C2CCCCC2)N(C)C(=O)C2(CCCC2)NC(=O)C2CCCN2C(=O)[C@H](C(OC)c2ccc(Cl)cc2)NC(=O)CN(C)C(=O)[C@H](CC2CCCCC2)N(C)C(=O)CN(C)C(=O)CN(C)C1=O. The number of likely N-dealkylation sites (tertiary alicyclic amines) is 1. The molecule has 0 bridgehead atoms. The Balaban J connectivity index is 1.28. The van der Waals surface area contributed by atoms with Gasteiger partial charge in [0.25, 0.3) is 0 Å². The van der Waals surface area contributed by atoms with Crippen LogP contribution in [0, 0.1) is 17.8 Å². The quantitative estimate of drug-likeness (QED) is 0.314. The molecule has 9 atom stereocenters. The summed E-state index contributed by atoms with van der Waals surface area (Å²) >= 11 is 6.34. The van der Waals surface area contributed by atoms with Crippen LogP contribution < -0.4 is 16.0 Å². The Morgan fingerprint density at radius 2 is 1.19 bits per heavy atom. The first kappa shape index (κ1) is 75.5. The van der Waals surface area contributed by atoms with Crippen LogP contribution in [0.5, 0.6) is 0 Å². The molecule has 0 aromatic heterocycles. The zero-order valence-corrected chi connectivity index (χ0v) is 58.9. The monoisotopic (exact) mass is 1350 g/mol. The van der Waals surface area contributed by atoms with Crippen molar-refractivity contribution in [3.63, 3.8) is 0 Å². The zero-order chi connectivity index (χ0) is 69.6. The minimum absolute atomic E-state index is 0.0666. The van der Waals surface area contributed by atoms with Crippen molar-refractivity contribution in [1.29, 1.82) is 0 Å². The maximum absolute atomic E-state index is 15.7. The fourth-order valence-electron chi connectivity index (χ4n) is 15.0. The van der Waals surface area contributed by atoms with Gasteiger partial charge in [-0.15, -0.1) is 0 Å². The lowest BCUT2D eigenvalue weighted by Gasteiger charge is -2.43. The average molecular weight is 1350 g/mol. The van der Waals surface area contributed by atoms with E-state index in [0.29, 0.717) is 75.0 Å². The third-order valence-corrected chi connectivity index (χ3v) is 21.7. The van der Waals surface area contributed by atoms with Gasteiger partial charge in [-0.05, 0) is 107 Å². The number of nitrogens with one attached hydrogen (secondary N) is 3. The Morgan fingerprint density at radius 1 is 0.600 bits per heavy atom. The highest BCUT2D eigenvalue weighted by Crippen LogP contribution is 2.38. The largest absolute Gasteiger partial charge is 0.374 e. The summed E-state index contributed by atoms with van der Waals surface area (Å²) in [6.45, 7) is 4.46. The predicted molar refractivity (Wildman–Crippen MR) is 356 cm³/mol. The van der Waals surface area contributed by atoms with Gasteiger partial charge < -0.3 is 64.8 Å². The molecular formula is C69H107ClN12O13. The molecule has 2 unspecified atom stereocenters. The predicted octanol–water partition coefficient (Wildman–Crippen LogP) is 4.13. The molecule has 528 valence electrons. The van der Waals surface area contributed by atoms with E-state index in [2.05, 4.69) is 16.0 Å². The molecule has 3 saturated carbocycles. The molecule has 6 fully saturated rings. The van der Waals surface area contributed by atoms with Crippen LogP contribution in [0.3, 0.4) is 0 Å². The number of halogens is 1. The minimum Gasteiger partial charge on any atom is -0.374 e. The summed E-state index contributed by atoms with van der Waals surface area (Å²) in [6.07, 6.45) is 11.7.